The lowest BCUT2D eigenvalue weighted by Gasteiger charge is -2.07. The summed E-state index contributed by atoms with van der Waals surface area (Å²) in [4.78, 5) is 27.4. The molecule has 0 unspecified atom stereocenters. The second-order valence-electron chi connectivity index (χ2n) is 6.01. The third-order valence-electron chi connectivity index (χ3n) is 4.21. The molecule has 1 amide bonds. The van der Waals surface area contributed by atoms with Crippen molar-refractivity contribution in [2.24, 2.45) is 4.99 Å². The molecule has 0 saturated heterocycles. The van der Waals surface area contributed by atoms with Gasteiger partial charge in [-0.1, -0.05) is 29.5 Å². The van der Waals surface area contributed by atoms with Gasteiger partial charge in [0.15, 0.2) is 3.95 Å². The normalized spacial score (nSPS) is 13.4. The quantitative estimate of drug-likeness (QED) is 0.363. The summed E-state index contributed by atoms with van der Waals surface area (Å²) >= 11 is 6.39. The molecule has 10 heteroatoms. The van der Waals surface area contributed by atoms with Crippen LogP contribution in [0.1, 0.15) is 20.8 Å². The van der Waals surface area contributed by atoms with E-state index < -0.39 is 10.8 Å². The Morgan fingerprint density at radius 3 is 2.69 bits per heavy atom. The van der Waals surface area contributed by atoms with E-state index in [4.69, 9.17) is 12.2 Å². The SMILES string of the molecule is O=C(Nn1c(O)c(/C=C2\C=Nc3ccccc32)sc1=S)c1ccc([N+](=O)[O-])cc1. The Kier molecular flexibility index (Phi) is 4.79. The molecule has 8 nitrogen and oxygen atoms in total. The molecular weight excluding hydrogens is 412 g/mol. The first-order chi connectivity index (χ1) is 13.9. The number of nitro groups is 1. The molecule has 1 aliphatic rings. The number of amides is 1. The van der Waals surface area contributed by atoms with Crippen molar-refractivity contribution in [1.29, 1.82) is 0 Å². The van der Waals surface area contributed by atoms with Gasteiger partial charge < -0.3 is 5.11 Å². The number of hydrogen-bond donors (Lipinski definition) is 2. The van der Waals surface area contributed by atoms with Crippen molar-refractivity contribution in [2.45, 2.75) is 0 Å². The Labute approximate surface area is 173 Å². The minimum atomic E-state index is -0.559. The van der Waals surface area contributed by atoms with Crippen LogP contribution in [0.4, 0.5) is 11.4 Å². The van der Waals surface area contributed by atoms with Gasteiger partial charge in [0, 0.05) is 35.0 Å². The fraction of sp³-hybridized carbons (Fsp3) is 0. The number of carbonyl (C=O) groups is 1. The van der Waals surface area contributed by atoms with Crippen molar-refractivity contribution in [1.82, 2.24) is 4.68 Å². The van der Waals surface area contributed by atoms with Gasteiger partial charge >= 0.3 is 0 Å². The molecule has 144 valence electrons. The summed E-state index contributed by atoms with van der Waals surface area (Å²) in [7, 11) is 0. The van der Waals surface area contributed by atoms with Gasteiger partial charge in [0.2, 0.25) is 5.88 Å². The molecule has 0 saturated carbocycles. The Morgan fingerprint density at radius 1 is 1.24 bits per heavy atom. The largest absolute Gasteiger partial charge is 0.492 e. The summed E-state index contributed by atoms with van der Waals surface area (Å²) in [6.07, 6.45) is 3.45. The van der Waals surface area contributed by atoms with Crippen molar-refractivity contribution in [3.63, 3.8) is 0 Å². The van der Waals surface area contributed by atoms with Crippen LogP contribution in [0.5, 0.6) is 5.88 Å². The van der Waals surface area contributed by atoms with Crippen LogP contribution < -0.4 is 5.43 Å². The number of allylic oxidation sites excluding steroid dienone is 1. The minimum absolute atomic E-state index is 0.121. The topological polar surface area (TPSA) is 110 Å². The van der Waals surface area contributed by atoms with Crippen LogP contribution in [0.3, 0.4) is 0 Å². The second-order valence-corrected chi connectivity index (χ2v) is 7.69. The number of hydrogen-bond acceptors (Lipinski definition) is 7. The molecule has 2 heterocycles. The summed E-state index contributed by atoms with van der Waals surface area (Å²) < 4.78 is 1.35. The first kappa shape index (κ1) is 18.7. The molecule has 2 aromatic carbocycles. The lowest BCUT2D eigenvalue weighted by molar-refractivity contribution is -0.384. The fourth-order valence-corrected chi connectivity index (χ4v) is 3.95. The molecule has 1 aromatic heterocycles. The number of rotatable bonds is 4. The summed E-state index contributed by atoms with van der Waals surface area (Å²) in [5, 5.41) is 21.3. The van der Waals surface area contributed by atoms with E-state index in [0.717, 1.165) is 32.8 Å². The number of nitro benzene ring substituents is 1. The first-order valence-corrected chi connectivity index (χ1v) is 9.52. The average Bonchev–Trinajstić information content (AvgIpc) is 3.24. The number of benzene rings is 2. The Balaban J connectivity index is 1.61. The van der Waals surface area contributed by atoms with Gasteiger partial charge in [0.1, 0.15) is 0 Å². The third-order valence-corrected chi connectivity index (χ3v) is 5.52. The number of nitrogens with one attached hydrogen (secondary N) is 1. The number of nitrogens with zero attached hydrogens (tertiary/aromatic N) is 3. The lowest BCUT2D eigenvalue weighted by atomic mass is 10.1. The predicted octanol–water partition coefficient (Wildman–Crippen LogP) is 4.53. The zero-order chi connectivity index (χ0) is 20.5. The van der Waals surface area contributed by atoms with Gasteiger partial charge in [-0.25, -0.2) is 0 Å². The van der Waals surface area contributed by atoms with E-state index in [9.17, 15) is 20.0 Å². The van der Waals surface area contributed by atoms with Crippen molar-refractivity contribution in [3.05, 3.63) is 78.6 Å². The maximum absolute atomic E-state index is 12.4. The van der Waals surface area contributed by atoms with Crippen LogP contribution in [0.2, 0.25) is 0 Å². The average molecular weight is 424 g/mol. The maximum Gasteiger partial charge on any atom is 0.270 e. The molecule has 0 fully saturated rings. The number of aromatic hydroxyl groups is 1. The molecule has 0 aliphatic carbocycles. The Morgan fingerprint density at radius 2 is 1.97 bits per heavy atom. The van der Waals surface area contributed by atoms with Gasteiger partial charge in [-0.3, -0.25) is 25.3 Å². The summed E-state index contributed by atoms with van der Waals surface area (Å²) in [6.45, 7) is 0. The van der Waals surface area contributed by atoms with Gasteiger partial charge in [0.05, 0.1) is 15.5 Å². The van der Waals surface area contributed by atoms with Crippen molar-refractivity contribution >= 4 is 58.7 Å². The van der Waals surface area contributed by atoms with Gasteiger partial charge in [-0.05, 0) is 36.5 Å². The van der Waals surface area contributed by atoms with Gasteiger partial charge in [-0.15, -0.1) is 0 Å². The van der Waals surface area contributed by atoms with E-state index >= 15 is 0 Å². The molecule has 4 rings (SSSR count). The van der Waals surface area contributed by atoms with Gasteiger partial charge in [-0.2, -0.15) is 4.68 Å². The second kappa shape index (κ2) is 7.41. The van der Waals surface area contributed by atoms with Crippen LogP contribution in [0, 0.1) is 14.1 Å². The smallest absolute Gasteiger partial charge is 0.270 e. The number of fused-ring (bicyclic) bond motifs is 1. The van der Waals surface area contributed by atoms with Crippen LogP contribution >= 0.6 is 23.6 Å². The van der Waals surface area contributed by atoms with Crippen LogP contribution in [-0.4, -0.2) is 26.8 Å². The summed E-state index contributed by atoms with van der Waals surface area (Å²) in [6, 6.07) is 12.7. The van der Waals surface area contributed by atoms with Crippen molar-refractivity contribution in [3.8, 4) is 5.88 Å². The van der Waals surface area contributed by atoms with E-state index in [1.807, 2.05) is 24.3 Å². The highest BCUT2D eigenvalue weighted by Gasteiger charge is 2.17. The van der Waals surface area contributed by atoms with Crippen molar-refractivity contribution in [2.75, 3.05) is 5.43 Å². The highest BCUT2D eigenvalue weighted by molar-refractivity contribution is 7.73. The van der Waals surface area contributed by atoms with E-state index in [-0.39, 0.29) is 21.1 Å². The summed E-state index contributed by atoms with van der Waals surface area (Å²) in [5.41, 5.74) is 5.18. The number of carbonyl (C=O) groups excluding carboxylic acids is 1. The number of para-hydroxylation sites is 1. The molecule has 3 aromatic rings. The fourth-order valence-electron chi connectivity index (χ4n) is 2.77. The lowest BCUT2D eigenvalue weighted by Crippen LogP contribution is -2.22. The number of non-ortho nitro benzene ring substituents is 1. The molecule has 29 heavy (non-hydrogen) atoms. The van der Waals surface area contributed by atoms with E-state index in [0.29, 0.717) is 4.88 Å². The number of thiazole rings is 1. The van der Waals surface area contributed by atoms with Crippen LogP contribution in [0.15, 0.2) is 53.5 Å². The molecule has 1 aliphatic heterocycles. The van der Waals surface area contributed by atoms with Crippen LogP contribution in [0.25, 0.3) is 11.6 Å². The third kappa shape index (κ3) is 3.58. The molecule has 0 spiro atoms. The zero-order valence-electron chi connectivity index (χ0n) is 14.6. The molecule has 0 bridgehead atoms. The minimum Gasteiger partial charge on any atom is -0.492 e. The number of aromatic nitrogens is 1. The molecule has 2 N–H and O–H groups in total. The highest BCUT2D eigenvalue weighted by atomic mass is 32.1. The Hall–Kier alpha value is -3.63. The monoisotopic (exact) mass is 424 g/mol. The van der Waals surface area contributed by atoms with E-state index in [1.165, 1.54) is 24.3 Å². The predicted molar refractivity (Wildman–Crippen MR) is 114 cm³/mol. The molecular formula is C19H12N4O4S2. The molecule has 0 radical (unpaired) electrons. The van der Waals surface area contributed by atoms with Crippen molar-refractivity contribution < 1.29 is 14.8 Å². The van der Waals surface area contributed by atoms with E-state index in [2.05, 4.69) is 10.4 Å². The maximum atomic E-state index is 12.4. The Bertz CT molecular complexity index is 1260. The van der Waals surface area contributed by atoms with E-state index in [1.54, 1.807) is 12.3 Å². The van der Waals surface area contributed by atoms with Crippen LogP contribution in [-0.2, 0) is 0 Å². The van der Waals surface area contributed by atoms with Gasteiger partial charge in [0.25, 0.3) is 11.6 Å². The summed E-state index contributed by atoms with van der Waals surface area (Å²) in [5.74, 6) is -0.767. The zero-order valence-corrected chi connectivity index (χ0v) is 16.2. The number of aliphatic imine (C=N–C) groups is 1. The molecule has 0 atom stereocenters. The first-order valence-electron chi connectivity index (χ1n) is 8.30. The standard InChI is InChI=1S/C19H12N4O4S2/c24-17(11-5-7-13(8-6-11)23(26)27)21-22-18(25)16(29-19(22)28)9-12-10-20-15-4-2-1-3-14(12)15/h1-10,25H,(H,21,24)/b12-9+. The highest BCUT2D eigenvalue weighted by Crippen LogP contribution is 2.35.